The fraction of sp³-hybridized carbons (Fsp3) is 0.580. The molecular formula is C69H92O6. The van der Waals surface area contributed by atoms with Gasteiger partial charge in [-0.05, 0) is 194 Å². The predicted molar refractivity (Wildman–Crippen MR) is 306 cm³/mol. The van der Waals surface area contributed by atoms with Gasteiger partial charge in [0, 0.05) is 5.41 Å². The van der Waals surface area contributed by atoms with Crippen LogP contribution in [0.2, 0.25) is 0 Å². The van der Waals surface area contributed by atoms with Gasteiger partial charge in [0.1, 0.15) is 18.1 Å². The van der Waals surface area contributed by atoms with Gasteiger partial charge in [-0.25, -0.2) is 0 Å². The first-order chi connectivity index (χ1) is 36.5. The van der Waals surface area contributed by atoms with E-state index < -0.39 is 5.97 Å². The number of allylic oxidation sites excluding steroid dienone is 3. The molecule has 4 aromatic rings. The number of hydrogen-bond acceptors (Lipinski definition) is 5. The number of aliphatic hydroxyl groups is 1. The molecule has 6 aliphatic rings. The number of carboxylic acid groups (broad SMARTS) is 1. The summed E-state index contributed by atoms with van der Waals surface area (Å²) in [6.45, 7) is 12.5. The van der Waals surface area contributed by atoms with Crippen LogP contribution in [-0.2, 0) is 35.6 Å². The van der Waals surface area contributed by atoms with Crippen molar-refractivity contribution in [1.29, 1.82) is 0 Å². The molecule has 0 aromatic heterocycles. The van der Waals surface area contributed by atoms with E-state index in [9.17, 15) is 20.1 Å². The fourth-order valence-electron chi connectivity index (χ4n) is 16.3. The number of aryl methyl sites for hydroxylation is 2. The first-order valence-corrected chi connectivity index (χ1v) is 30.0. The minimum atomic E-state index is -0.602. The Morgan fingerprint density at radius 2 is 1.41 bits per heavy atom. The van der Waals surface area contributed by atoms with Crippen LogP contribution < -0.4 is 4.74 Å². The Labute approximate surface area is 451 Å². The molecule has 0 saturated heterocycles. The van der Waals surface area contributed by atoms with Crippen molar-refractivity contribution in [2.75, 3.05) is 0 Å². The molecule has 3 N–H and O–H groups in total. The van der Waals surface area contributed by atoms with Crippen LogP contribution in [0.15, 0.2) is 115 Å². The Balaban J connectivity index is 0.000000184. The third kappa shape index (κ3) is 12.7. The number of carboxylic acids is 1. The topological polar surface area (TPSA) is 96.2 Å². The average molecular weight is 1020 g/mol. The number of phenolic OH excluding ortho intramolecular Hbond substituents is 1. The van der Waals surface area contributed by atoms with E-state index in [4.69, 9.17) is 9.47 Å². The SMILES string of the molecule is C=CCC1=C2c3ccc(OCc4ccccc4)cc3CCC2C2CC[C@H](OCc3ccccc3)[C@@]2(C)C1.CCCCCCC(CCCCCCCC[C@H]1C[C@@]2(C)C(CC[C@@H]2O)C2CCc3cc(O)ccc3C21)C(=O)O. The van der Waals surface area contributed by atoms with E-state index in [-0.39, 0.29) is 22.9 Å². The number of carbonyl (C=O) groups is 1. The van der Waals surface area contributed by atoms with E-state index in [1.807, 2.05) is 18.2 Å². The molecule has 0 amide bonds. The summed E-state index contributed by atoms with van der Waals surface area (Å²) in [5.74, 6) is 4.39. The van der Waals surface area contributed by atoms with Crippen LogP contribution in [0.5, 0.6) is 11.5 Å². The van der Waals surface area contributed by atoms with Crippen molar-refractivity contribution in [3.63, 3.8) is 0 Å². The highest BCUT2D eigenvalue weighted by molar-refractivity contribution is 5.77. The summed E-state index contributed by atoms with van der Waals surface area (Å²) in [6, 6.07) is 33.9. The van der Waals surface area contributed by atoms with Crippen molar-refractivity contribution in [2.24, 2.45) is 46.3 Å². The Morgan fingerprint density at radius 1 is 0.733 bits per heavy atom. The molecule has 6 unspecified atom stereocenters. The number of hydrogen-bond donors (Lipinski definition) is 3. The van der Waals surface area contributed by atoms with Crippen LogP contribution in [0.3, 0.4) is 0 Å². The Kier molecular flexibility index (Phi) is 18.9. The van der Waals surface area contributed by atoms with Crippen molar-refractivity contribution in [1.82, 2.24) is 0 Å². The fourth-order valence-corrected chi connectivity index (χ4v) is 16.3. The van der Waals surface area contributed by atoms with E-state index >= 15 is 0 Å². The molecular weight excluding hydrogens is 925 g/mol. The molecule has 3 fully saturated rings. The molecule has 0 bridgehead atoms. The summed E-state index contributed by atoms with van der Waals surface area (Å²) in [4.78, 5) is 11.6. The maximum Gasteiger partial charge on any atom is 0.306 e. The molecule has 0 spiro atoms. The summed E-state index contributed by atoms with van der Waals surface area (Å²) in [5.41, 5.74) is 11.6. The zero-order chi connectivity index (χ0) is 52.4. The normalized spacial score (nSPS) is 28.6. The van der Waals surface area contributed by atoms with Gasteiger partial charge in [-0.15, -0.1) is 6.58 Å². The van der Waals surface area contributed by atoms with Gasteiger partial charge in [-0.3, -0.25) is 4.79 Å². The number of fused-ring (bicyclic) bond motifs is 10. The monoisotopic (exact) mass is 1020 g/mol. The van der Waals surface area contributed by atoms with Gasteiger partial charge in [0.15, 0.2) is 0 Å². The number of rotatable bonds is 23. The number of phenols is 1. The highest BCUT2D eigenvalue weighted by atomic mass is 16.5. The molecule has 4 aromatic carbocycles. The van der Waals surface area contributed by atoms with Crippen LogP contribution in [0.1, 0.15) is 201 Å². The second-order valence-electron chi connectivity index (χ2n) is 24.8. The minimum Gasteiger partial charge on any atom is -0.508 e. The van der Waals surface area contributed by atoms with E-state index in [1.54, 1.807) is 11.1 Å². The summed E-state index contributed by atoms with van der Waals surface area (Å²) < 4.78 is 12.8. The number of benzene rings is 4. The Morgan fingerprint density at radius 3 is 2.13 bits per heavy atom. The predicted octanol–water partition coefficient (Wildman–Crippen LogP) is 17.2. The average Bonchev–Trinajstić information content (AvgIpc) is 3.93. The summed E-state index contributed by atoms with van der Waals surface area (Å²) in [5, 5.41) is 30.6. The Bertz CT molecular complexity index is 2510. The van der Waals surface area contributed by atoms with Gasteiger partial charge in [-0.2, -0.15) is 0 Å². The molecule has 6 aliphatic carbocycles. The van der Waals surface area contributed by atoms with Crippen LogP contribution >= 0.6 is 0 Å². The lowest BCUT2D eigenvalue weighted by molar-refractivity contribution is -0.142. The maximum absolute atomic E-state index is 11.6. The summed E-state index contributed by atoms with van der Waals surface area (Å²) in [6.07, 6.45) is 29.3. The largest absolute Gasteiger partial charge is 0.508 e. The molecule has 404 valence electrons. The molecule has 10 rings (SSSR count). The smallest absolute Gasteiger partial charge is 0.306 e. The third-order valence-corrected chi connectivity index (χ3v) is 20.1. The second-order valence-corrected chi connectivity index (χ2v) is 24.8. The van der Waals surface area contributed by atoms with Crippen LogP contribution in [0, 0.1) is 46.3 Å². The van der Waals surface area contributed by atoms with Gasteiger partial charge >= 0.3 is 5.97 Å². The van der Waals surface area contributed by atoms with Crippen molar-refractivity contribution < 1.29 is 29.6 Å². The van der Waals surface area contributed by atoms with Crippen LogP contribution in [0.4, 0.5) is 0 Å². The lowest BCUT2D eigenvalue weighted by Gasteiger charge is -2.54. The maximum atomic E-state index is 11.6. The van der Waals surface area contributed by atoms with Crippen LogP contribution in [-0.4, -0.2) is 33.5 Å². The lowest BCUT2D eigenvalue weighted by atomic mass is 9.51. The van der Waals surface area contributed by atoms with Crippen molar-refractivity contribution in [2.45, 2.75) is 206 Å². The first-order valence-electron chi connectivity index (χ1n) is 30.0. The zero-order valence-corrected chi connectivity index (χ0v) is 46.2. The molecule has 11 atom stereocenters. The summed E-state index contributed by atoms with van der Waals surface area (Å²) in [7, 11) is 0. The highest BCUT2D eigenvalue weighted by Gasteiger charge is 2.58. The lowest BCUT2D eigenvalue weighted by Crippen LogP contribution is -2.47. The summed E-state index contributed by atoms with van der Waals surface area (Å²) >= 11 is 0. The quantitative estimate of drug-likeness (QED) is 0.0506. The number of aliphatic hydroxyl groups excluding tert-OH is 1. The molecule has 3 saturated carbocycles. The highest BCUT2D eigenvalue weighted by Crippen LogP contribution is 2.64. The second kappa shape index (κ2) is 25.7. The number of aliphatic carboxylic acids is 1. The van der Waals surface area contributed by atoms with Crippen molar-refractivity contribution in [3.05, 3.63) is 149 Å². The van der Waals surface area contributed by atoms with Crippen LogP contribution in [0.25, 0.3) is 5.57 Å². The van der Waals surface area contributed by atoms with Gasteiger partial charge in [0.2, 0.25) is 0 Å². The van der Waals surface area contributed by atoms with E-state index in [0.717, 1.165) is 89.2 Å². The van der Waals surface area contributed by atoms with E-state index in [1.165, 1.54) is 104 Å². The number of aromatic hydroxyl groups is 1. The van der Waals surface area contributed by atoms with E-state index in [0.29, 0.717) is 60.6 Å². The van der Waals surface area contributed by atoms with Gasteiger partial charge < -0.3 is 24.8 Å². The van der Waals surface area contributed by atoms with Gasteiger partial charge in [-0.1, -0.05) is 169 Å². The number of unbranched alkanes of at least 4 members (excludes halogenated alkanes) is 8. The minimum absolute atomic E-state index is 0.0669. The van der Waals surface area contributed by atoms with Crippen molar-refractivity contribution in [3.8, 4) is 11.5 Å². The molecule has 6 heteroatoms. The van der Waals surface area contributed by atoms with Crippen molar-refractivity contribution >= 4 is 11.5 Å². The molecule has 0 radical (unpaired) electrons. The van der Waals surface area contributed by atoms with E-state index in [2.05, 4.69) is 112 Å². The Hall–Kier alpha value is -4.65. The molecule has 0 heterocycles. The molecule has 0 aliphatic heterocycles. The van der Waals surface area contributed by atoms with Gasteiger partial charge in [0.25, 0.3) is 0 Å². The first kappa shape index (κ1) is 55.1. The standard InChI is InChI=1S/C35H38O2.C34H54O4/c1-3-10-28-22-35(2)32(19-20-33(35)37-24-26-13-8-5-9-14-26)31-17-15-27-21-29(16-18-30(27)34(28)31)36-23-25-11-6-4-7-12-25;1-3-4-5-10-13-24(33(37)38)14-11-8-6-7-9-12-15-26-23-34(2)30(20-21-31(34)36)29-18-16-25-22-27(35)17-19-28(25)32(26)29/h3-9,11-14,16,18,21,31-33H,1,10,15,17,19-20,22-24H2,2H3;17,19,22,24,26,29-32,35-36H,3-16,18,20-21,23H2,1-2H3,(H,37,38)/t31?,32?,33-,35-;24?,26-,29?,30?,31-,32?,34-/m00/s1. The third-order valence-electron chi connectivity index (χ3n) is 20.1. The number of ether oxygens (including phenoxy) is 2. The van der Waals surface area contributed by atoms with Gasteiger partial charge in [0.05, 0.1) is 24.7 Å². The molecule has 6 nitrogen and oxygen atoms in total. The molecule has 75 heavy (non-hydrogen) atoms. The zero-order valence-electron chi connectivity index (χ0n) is 46.2.